The van der Waals surface area contributed by atoms with Crippen LogP contribution in [0.15, 0.2) is 42.5 Å². The molecule has 0 fully saturated rings. The molecule has 0 aliphatic carbocycles. The highest BCUT2D eigenvalue weighted by molar-refractivity contribution is 5.27. The summed E-state index contributed by atoms with van der Waals surface area (Å²) < 4.78 is 31.8. The summed E-state index contributed by atoms with van der Waals surface area (Å²) in [5, 5.41) is 3.14. The van der Waals surface area contributed by atoms with Crippen molar-refractivity contribution in [2.75, 3.05) is 13.6 Å². The second kappa shape index (κ2) is 7.18. The van der Waals surface area contributed by atoms with Crippen LogP contribution in [-0.2, 0) is 6.61 Å². The third-order valence-electron chi connectivity index (χ3n) is 3.37. The monoisotopic (exact) mass is 291 g/mol. The molecule has 0 saturated heterocycles. The molecule has 21 heavy (non-hydrogen) atoms. The predicted octanol–water partition coefficient (Wildman–Crippen LogP) is 3.87. The van der Waals surface area contributed by atoms with Crippen LogP contribution in [0.25, 0.3) is 0 Å². The number of likely N-dealkylation sites (N-methyl/N-ethyl adjacent to an activating group) is 1. The first kappa shape index (κ1) is 15.4. The van der Waals surface area contributed by atoms with Gasteiger partial charge in [-0.25, -0.2) is 4.39 Å². The van der Waals surface area contributed by atoms with Gasteiger partial charge in [0.15, 0.2) is 11.6 Å². The van der Waals surface area contributed by atoms with E-state index in [2.05, 4.69) is 12.2 Å². The Morgan fingerprint density at radius 3 is 2.48 bits per heavy atom. The lowest BCUT2D eigenvalue weighted by atomic mass is 10.00. The van der Waals surface area contributed by atoms with Crippen LogP contribution in [0.5, 0.6) is 5.75 Å². The van der Waals surface area contributed by atoms with Gasteiger partial charge in [0.25, 0.3) is 0 Å². The van der Waals surface area contributed by atoms with Gasteiger partial charge < -0.3 is 10.1 Å². The van der Waals surface area contributed by atoms with Crippen molar-refractivity contribution in [2.45, 2.75) is 19.4 Å². The van der Waals surface area contributed by atoms with Gasteiger partial charge in [0.1, 0.15) is 6.61 Å². The first-order valence-electron chi connectivity index (χ1n) is 6.92. The zero-order chi connectivity index (χ0) is 15.2. The first-order valence-corrected chi connectivity index (χ1v) is 6.92. The second-order valence-corrected chi connectivity index (χ2v) is 5.04. The first-order chi connectivity index (χ1) is 10.1. The fourth-order valence-electron chi connectivity index (χ4n) is 2.12. The lowest BCUT2D eigenvalue weighted by Gasteiger charge is -2.12. The Labute approximate surface area is 123 Å². The number of halogens is 2. The van der Waals surface area contributed by atoms with Crippen molar-refractivity contribution < 1.29 is 13.5 Å². The molecule has 0 amide bonds. The number of hydrogen-bond acceptors (Lipinski definition) is 2. The van der Waals surface area contributed by atoms with E-state index >= 15 is 0 Å². The van der Waals surface area contributed by atoms with Crippen LogP contribution in [-0.4, -0.2) is 13.6 Å². The molecule has 2 nitrogen and oxygen atoms in total. The molecule has 0 saturated carbocycles. The second-order valence-electron chi connectivity index (χ2n) is 5.04. The standard InChI is InChI=1S/C17H19F2NO/c1-12(10-20-2)14-8-6-13(7-9-14)11-21-16-5-3-4-15(18)17(16)19/h3-9,12,20H,10-11H2,1-2H3. The Morgan fingerprint density at radius 1 is 1.10 bits per heavy atom. The molecule has 0 aliphatic rings. The quantitative estimate of drug-likeness (QED) is 0.872. The molecule has 4 heteroatoms. The smallest absolute Gasteiger partial charge is 0.200 e. The predicted molar refractivity (Wildman–Crippen MR) is 79.5 cm³/mol. The van der Waals surface area contributed by atoms with Gasteiger partial charge in [-0.15, -0.1) is 0 Å². The average Bonchev–Trinajstić information content (AvgIpc) is 2.49. The Morgan fingerprint density at radius 2 is 1.81 bits per heavy atom. The molecule has 2 aromatic rings. The number of benzene rings is 2. The molecule has 1 atom stereocenters. The molecule has 112 valence electrons. The van der Waals surface area contributed by atoms with Gasteiger partial charge in [0.05, 0.1) is 0 Å². The Kier molecular flexibility index (Phi) is 5.28. The van der Waals surface area contributed by atoms with Gasteiger partial charge in [0, 0.05) is 6.54 Å². The zero-order valence-electron chi connectivity index (χ0n) is 12.2. The molecule has 1 unspecified atom stereocenters. The normalized spacial score (nSPS) is 12.2. The molecule has 1 N–H and O–H groups in total. The van der Waals surface area contributed by atoms with Crippen molar-refractivity contribution in [3.8, 4) is 5.75 Å². The van der Waals surface area contributed by atoms with Crippen molar-refractivity contribution in [3.05, 3.63) is 65.2 Å². The van der Waals surface area contributed by atoms with E-state index in [-0.39, 0.29) is 12.4 Å². The van der Waals surface area contributed by atoms with Gasteiger partial charge in [-0.2, -0.15) is 4.39 Å². The highest BCUT2D eigenvalue weighted by Crippen LogP contribution is 2.21. The van der Waals surface area contributed by atoms with Gasteiger partial charge in [-0.05, 0) is 36.2 Å². The summed E-state index contributed by atoms with van der Waals surface area (Å²) >= 11 is 0. The molecule has 2 rings (SSSR count). The Balaban J connectivity index is 1.99. The number of nitrogens with one attached hydrogen (secondary N) is 1. The summed E-state index contributed by atoms with van der Waals surface area (Å²) in [5.74, 6) is -1.49. The minimum atomic E-state index is -0.947. The van der Waals surface area contributed by atoms with Crippen molar-refractivity contribution >= 4 is 0 Å². The maximum atomic E-state index is 13.5. The molecule has 0 aliphatic heterocycles. The summed E-state index contributed by atoms with van der Waals surface area (Å²) in [6.07, 6.45) is 0. The van der Waals surface area contributed by atoms with E-state index in [9.17, 15) is 8.78 Å². The molecule has 0 spiro atoms. The highest BCUT2D eigenvalue weighted by Gasteiger charge is 2.09. The van der Waals surface area contributed by atoms with Gasteiger partial charge in [-0.3, -0.25) is 0 Å². The van der Waals surface area contributed by atoms with Gasteiger partial charge >= 0.3 is 0 Å². The fourth-order valence-corrected chi connectivity index (χ4v) is 2.12. The molecule has 0 radical (unpaired) electrons. The van der Waals surface area contributed by atoms with E-state index in [0.29, 0.717) is 5.92 Å². The van der Waals surface area contributed by atoms with E-state index in [1.54, 1.807) is 0 Å². The van der Waals surface area contributed by atoms with Gasteiger partial charge in [0.2, 0.25) is 5.82 Å². The molecular formula is C17H19F2NO. The van der Waals surface area contributed by atoms with E-state index in [0.717, 1.165) is 18.2 Å². The van der Waals surface area contributed by atoms with Crippen LogP contribution < -0.4 is 10.1 Å². The number of hydrogen-bond donors (Lipinski definition) is 1. The Hall–Kier alpha value is -1.94. The third kappa shape index (κ3) is 4.02. The molecular weight excluding hydrogens is 272 g/mol. The van der Waals surface area contributed by atoms with Crippen LogP contribution >= 0.6 is 0 Å². The summed E-state index contributed by atoms with van der Waals surface area (Å²) in [6, 6.07) is 11.9. The maximum Gasteiger partial charge on any atom is 0.200 e. The fraction of sp³-hybridized carbons (Fsp3) is 0.294. The Bertz CT molecular complexity index is 584. The largest absolute Gasteiger partial charge is 0.486 e. The third-order valence-corrected chi connectivity index (χ3v) is 3.37. The van der Waals surface area contributed by atoms with E-state index < -0.39 is 11.6 Å². The van der Waals surface area contributed by atoms with Crippen molar-refractivity contribution in [2.24, 2.45) is 0 Å². The van der Waals surface area contributed by atoms with Crippen molar-refractivity contribution in [1.82, 2.24) is 5.32 Å². The van der Waals surface area contributed by atoms with E-state index in [1.807, 2.05) is 31.3 Å². The maximum absolute atomic E-state index is 13.5. The molecule has 0 aromatic heterocycles. The minimum Gasteiger partial charge on any atom is -0.486 e. The van der Waals surface area contributed by atoms with Crippen LogP contribution in [0.2, 0.25) is 0 Å². The van der Waals surface area contributed by atoms with Crippen LogP contribution in [0.4, 0.5) is 8.78 Å². The summed E-state index contributed by atoms with van der Waals surface area (Å²) in [6.45, 7) is 3.26. The average molecular weight is 291 g/mol. The van der Waals surface area contributed by atoms with Gasteiger partial charge in [-0.1, -0.05) is 37.3 Å². The number of ether oxygens (including phenoxy) is 1. The van der Waals surface area contributed by atoms with Crippen molar-refractivity contribution in [1.29, 1.82) is 0 Å². The van der Waals surface area contributed by atoms with Crippen LogP contribution in [0.3, 0.4) is 0 Å². The summed E-state index contributed by atoms with van der Waals surface area (Å²) in [5.41, 5.74) is 2.14. The van der Waals surface area contributed by atoms with E-state index in [1.165, 1.54) is 17.7 Å². The SMILES string of the molecule is CNCC(C)c1ccc(COc2cccc(F)c2F)cc1. The topological polar surface area (TPSA) is 21.3 Å². The minimum absolute atomic E-state index is 0.0670. The lowest BCUT2D eigenvalue weighted by molar-refractivity contribution is 0.284. The van der Waals surface area contributed by atoms with Crippen LogP contribution in [0.1, 0.15) is 24.0 Å². The molecule has 0 heterocycles. The molecule has 2 aromatic carbocycles. The summed E-state index contributed by atoms with van der Waals surface area (Å²) in [4.78, 5) is 0. The summed E-state index contributed by atoms with van der Waals surface area (Å²) in [7, 11) is 1.92. The van der Waals surface area contributed by atoms with E-state index in [4.69, 9.17) is 4.74 Å². The molecule has 0 bridgehead atoms. The van der Waals surface area contributed by atoms with Crippen LogP contribution in [0, 0.1) is 11.6 Å². The number of rotatable bonds is 6. The highest BCUT2D eigenvalue weighted by atomic mass is 19.2. The lowest BCUT2D eigenvalue weighted by Crippen LogP contribution is -2.14. The van der Waals surface area contributed by atoms with Crippen molar-refractivity contribution in [3.63, 3.8) is 0 Å². The zero-order valence-corrected chi connectivity index (χ0v) is 12.2.